The number of hydrogen-bond acceptors (Lipinski definition) is 2. The van der Waals surface area contributed by atoms with E-state index in [0.29, 0.717) is 0 Å². The van der Waals surface area contributed by atoms with Crippen LogP contribution in [-0.2, 0) is 13.1 Å². The zero-order valence-electron chi connectivity index (χ0n) is 9.44. The second-order valence-electron chi connectivity index (χ2n) is 4.04. The zero-order chi connectivity index (χ0) is 11.5. The lowest BCUT2D eigenvalue weighted by Gasteiger charge is -2.01. The Morgan fingerprint density at radius 3 is 2.88 bits per heavy atom. The number of hydrogen-bond donors (Lipinski definition) is 2. The fourth-order valence-corrected chi connectivity index (χ4v) is 2.01. The number of nitrogens with one attached hydrogen (secondary N) is 2. The van der Waals surface area contributed by atoms with Gasteiger partial charge < -0.3 is 14.7 Å². The maximum Gasteiger partial charge on any atom is 0.117 e. The second kappa shape index (κ2) is 4.47. The Bertz CT molecular complexity index is 596. The van der Waals surface area contributed by atoms with Crippen molar-refractivity contribution in [3.05, 3.63) is 60.2 Å². The first-order chi connectivity index (χ1) is 8.43. The second-order valence-corrected chi connectivity index (χ2v) is 4.04. The summed E-state index contributed by atoms with van der Waals surface area (Å²) in [6.07, 6.45) is 3.75. The maximum absolute atomic E-state index is 5.27. The molecule has 0 bridgehead atoms. The number of aromatic nitrogens is 1. The molecule has 0 spiro atoms. The van der Waals surface area contributed by atoms with E-state index in [2.05, 4.69) is 34.7 Å². The number of para-hydroxylation sites is 1. The summed E-state index contributed by atoms with van der Waals surface area (Å²) >= 11 is 0. The number of rotatable bonds is 4. The Kier molecular flexibility index (Phi) is 2.68. The highest BCUT2D eigenvalue weighted by Gasteiger charge is 2.02. The molecule has 0 amide bonds. The van der Waals surface area contributed by atoms with Crippen molar-refractivity contribution < 1.29 is 4.42 Å². The van der Waals surface area contributed by atoms with Crippen molar-refractivity contribution >= 4 is 10.9 Å². The van der Waals surface area contributed by atoms with Crippen molar-refractivity contribution in [1.82, 2.24) is 10.3 Å². The number of furan rings is 1. The summed E-state index contributed by atoms with van der Waals surface area (Å²) < 4.78 is 5.27. The van der Waals surface area contributed by atoms with Gasteiger partial charge in [0, 0.05) is 23.6 Å². The van der Waals surface area contributed by atoms with Crippen LogP contribution in [0.3, 0.4) is 0 Å². The molecule has 3 rings (SSSR count). The van der Waals surface area contributed by atoms with Crippen LogP contribution in [0.1, 0.15) is 11.3 Å². The van der Waals surface area contributed by atoms with Crippen LogP contribution in [-0.4, -0.2) is 4.98 Å². The third kappa shape index (κ3) is 2.10. The van der Waals surface area contributed by atoms with E-state index in [1.54, 1.807) is 6.26 Å². The molecule has 0 aliphatic heterocycles. The standard InChI is InChI=1S/C14H14N2O/c1-2-6-14-13(5-1)11(9-16-14)8-15-10-12-4-3-7-17-12/h1-7,9,15-16H,8,10H2. The van der Waals surface area contributed by atoms with Crippen molar-refractivity contribution in [1.29, 1.82) is 0 Å². The van der Waals surface area contributed by atoms with Crippen LogP contribution in [0, 0.1) is 0 Å². The molecular weight excluding hydrogens is 212 g/mol. The quantitative estimate of drug-likeness (QED) is 0.717. The van der Waals surface area contributed by atoms with Gasteiger partial charge in [0.2, 0.25) is 0 Å². The summed E-state index contributed by atoms with van der Waals surface area (Å²) in [5, 5.41) is 4.65. The maximum atomic E-state index is 5.27. The lowest BCUT2D eigenvalue weighted by atomic mass is 10.2. The van der Waals surface area contributed by atoms with E-state index in [4.69, 9.17) is 4.42 Å². The summed E-state index contributed by atoms with van der Waals surface area (Å²) in [5.41, 5.74) is 2.47. The van der Waals surface area contributed by atoms with Gasteiger partial charge in [0.15, 0.2) is 0 Å². The molecule has 0 saturated carbocycles. The third-order valence-corrected chi connectivity index (χ3v) is 2.87. The first kappa shape index (κ1) is 10.2. The smallest absolute Gasteiger partial charge is 0.117 e. The molecule has 0 aliphatic carbocycles. The summed E-state index contributed by atoms with van der Waals surface area (Å²) in [7, 11) is 0. The van der Waals surface area contributed by atoms with Gasteiger partial charge in [-0.2, -0.15) is 0 Å². The Hall–Kier alpha value is -2.00. The average Bonchev–Trinajstić information content (AvgIpc) is 2.99. The molecule has 0 saturated heterocycles. The van der Waals surface area contributed by atoms with Crippen LogP contribution >= 0.6 is 0 Å². The molecule has 1 aromatic carbocycles. The molecule has 0 atom stereocenters. The van der Waals surface area contributed by atoms with E-state index in [0.717, 1.165) is 18.8 Å². The van der Waals surface area contributed by atoms with E-state index in [9.17, 15) is 0 Å². The number of fused-ring (bicyclic) bond motifs is 1. The third-order valence-electron chi connectivity index (χ3n) is 2.87. The van der Waals surface area contributed by atoms with Gasteiger partial charge in [-0.15, -0.1) is 0 Å². The van der Waals surface area contributed by atoms with Crippen LogP contribution in [0.4, 0.5) is 0 Å². The molecule has 0 fully saturated rings. The first-order valence-electron chi connectivity index (χ1n) is 5.71. The van der Waals surface area contributed by atoms with Crippen molar-refractivity contribution in [2.75, 3.05) is 0 Å². The molecular formula is C14H14N2O. The van der Waals surface area contributed by atoms with E-state index in [1.807, 2.05) is 18.2 Å². The van der Waals surface area contributed by atoms with E-state index >= 15 is 0 Å². The average molecular weight is 226 g/mol. The fraction of sp³-hybridized carbons (Fsp3) is 0.143. The van der Waals surface area contributed by atoms with Gasteiger partial charge >= 0.3 is 0 Å². The molecule has 2 heterocycles. The summed E-state index contributed by atoms with van der Waals surface area (Å²) in [5.74, 6) is 0.963. The summed E-state index contributed by atoms with van der Waals surface area (Å²) in [6.45, 7) is 1.59. The molecule has 86 valence electrons. The molecule has 0 unspecified atom stereocenters. The minimum absolute atomic E-state index is 0.756. The van der Waals surface area contributed by atoms with E-state index < -0.39 is 0 Å². The fourth-order valence-electron chi connectivity index (χ4n) is 2.01. The van der Waals surface area contributed by atoms with Crippen molar-refractivity contribution in [2.24, 2.45) is 0 Å². The molecule has 2 aromatic heterocycles. The molecule has 3 heteroatoms. The summed E-state index contributed by atoms with van der Waals surface area (Å²) in [6, 6.07) is 12.2. The van der Waals surface area contributed by atoms with Gasteiger partial charge in [0.25, 0.3) is 0 Å². The molecule has 3 nitrogen and oxygen atoms in total. The number of aromatic amines is 1. The Balaban J connectivity index is 1.69. The topological polar surface area (TPSA) is 41.0 Å². The predicted molar refractivity (Wildman–Crippen MR) is 67.6 cm³/mol. The Labute approximate surface area is 99.5 Å². The number of H-pyrrole nitrogens is 1. The van der Waals surface area contributed by atoms with Gasteiger partial charge in [0.1, 0.15) is 5.76 Å². The zero-order valence-corrected chi connectivity index (χ0v) is 9.44. The highest BCUT2D eigenvalue weighted by molar-refractivity contribution is 5.82. The van der Waals surface area contributed by atoms with Gasteiger partial charge in [-0.25, -0.2) is 0 Å². The van der Waals surface area contributed by atoms with Crippen LogP contribution in [0.15, 0.2) is 53.3 Å². The minimum atomic E-state index is 0.756. The van der Waals surface area contributed by atoms with Gasteiger partial charge in [-0.05, 0) is 23.8 Å². The molecule has 17 heavy (non-hydrogen) atoms. The molecule has 3 aromatic rings. The van der Waals surface area contributed by atoms with Crippen molar-refractivity contribution in [2.45, 2.75) is 13.1 Å². The molecule has 2 N–H and O–H groups in total. The normalized spacial score (nSPS) is 11.1. The van der Waals surface area contributed by atoms with Gasteiger partial charge in [-0.1, -0.05) is 18.2 Å². The summed E-state index contributed by atoms with van der Waals surface area (Å²) in [4.78, 5) is 3.27. The van der Waals surface area contributed by atoms with Gasteiger partial charge in [0.05, 0.1) is 12.8 Å². The predicted octanol–water partition coefficient (Wildman–Crippen LogP) is 3.05. The highest BCUT2D eigenvalue weighted by Crippen LogP contribution is 2.17. The molecule has 0 aliphatic rings. The Morgan fingerprint density at radius 2 is 2.00 bits per heavy atom. The lowest BCUT2D eigenvalue weighted by molar-refractivity contribution is 0.483. The van der Waals surface area contributed by atoms with Crippen LogP contribution in [0.2, 0.25) is 0 Å². The van der Waals surface area contributed by atoms with Crippen molar-refractivity contribution in [3.63, 3.8) is 0 Å². The Morgan fingerprint density at radius 1 is 1.06 bits per heavy atom. The SMILES string of the molecule is c1coc(CNCc2c[nH]c3ccccc23)c1. The number of benzene rings is 1. The van der Waals surface area contributed by atoms with Crippen molar-refractivity contribution in [3.8, 4) is 0 Å². The monoisotopic (exact) mass is 226 g/mol. The van der Waals surface area contributed by atoms with Crippen LogP contribution in [0.5, 0.6) is 0 Å². The highest BCUT2D eigenvalue weighted by atomic mass is 16.3. The van der Waals surface area contributed by atoms with Crippen LogP contribution < -0.4 is 5.32 Å². The lowest BCUT2D eigenvalue weighted by Crippen LogP contribution is -2.11. The van der Waals surface area contributed by atoms with E-state index in [1.165, 1.54) is 16.5 Å². The first-order valence-corrected chi connectivity index (χ1v) is 5.71. The van der Waals surface area contributed by atoms with Gasteiger partial charge in [-0.3, -0.25) is 0 Å². The van der Waals surface area contributed by atoms with E-state index in [-0.39, 0.29) is 0 Å². The molecule has 0 radical (unpaired) electrons. The minimum Gasteiger partial charge on any atom is -0.468 e. The van der Waals surface area contributed by atoms with Crippen LogP contribution in [0.25, 0.3) is 10.9 Å². The largest absolute Gasteiger partial charge is 0.468 e.